The summed E-state index contributed by atoms with van der Waals surface area (Å²) in [5, 5.41) is 3.28. The molecular weight excluding hydrogens is 227 g/mol. The molecule has 2 rings (SSSR count). The van der Waals surface area contributed by atoms with E-state index in [-0.39, 0.29) is 5.41 Å². The number of hydrogen-bond donors (Lipinski definition) is 1. The standard InChI is InChI=1S/C15H17FN2/c1-15(2,12-6-4-3-5-7-12)11-18-13-8-9-14(16)17-10-13/h3-10,18H,11H2,1-2H3. The number of nitrogens with one attached hydrogen (secondary N) is 1. The van der Waals surface area contributed by atoms with Gasteiger partial charge < -0.3 is 5.32 Å². The van der Waals surface area contributed by atoms with Crippen LogP contribution in [-0.4, -0.2) is 11.5 Å². The van der Waals surface area contributed by atoms with Gasteiger partial charge in [-0.1, -0.05) is 44.2 Å². The third-order valence-electron chi connectivity index (χ3n) is 3.02. The van der Waals surface area contributed by atoms with Gasteiger partial charge in [-0.05, 0) is 17.7 Å². The number of aromatic nitrogens is 1. The lowest BCUT2D eigenvalue weighted by molar-refractivity contribution is 0.556. The maximum Gasteiger partial charge on any atom is 0.212 e. The van der Waals surface area contributed by atoms with E-state index in [1.54, 1.807) is 6.07 Å². The minimum atomic E-state index is -0.456. The molecule has 0 atom stereocenters. The summed E-state index contributed by atoms with van der Waals surface area (Å²) in [5.41, 5.74) is 2.11. The van der Waals surface area contributed by atoms with Gasteiger partial charge in [-0.3, -0.25) is 0 Å². The first-order chi connectivity index (χ1) is 8.58. The molecule has 1 heterocycles. The van der Waals surface area contributed by atoms with Gasteiger partial charge in [0.2, 0.25) is 5.95 Å². The molecule has 0 saturated heterocycles. The van der Waals surface area contributed by atoms with Crippen LogP contribution in [0.1, 0.15) is 19.4 Å². The number of benzene rings is 1. The third-order valence-corrected chi connectivity index (χ3v) is 3.02. The number of halogens is 1. The van der Waals surface area contributed by atoms with Crippen LogP contribution in [0.3, 0.4) is 0 Å². The van der Waals surface area contributed by atoms with Crippen LogP contribution in [0.25, 0.3) is 0 Å². The van der Waals surface area contributed by atoms with E-state index >= 15 is 0 Å². The maximum atomic E-state index is 12.7. The van der Waals surface area contributed by atoms with Crippen LogP contribution in [0.4, 0.5) is 10.1 Å². The number of hydrogen-bond acceptors (Lipinski definition) is 2. The zero-order valence-electron chi connectivity index (χ0n) is 10.7. The van der Waals surface area contributed by atoms with Crippen molar-refractivity contribution in [3.8, 4) is 0 Å². The molecule has 94 valence electrons. The Morgan fingerprint density at radius 1 is 1.11 bits per heavy atom. The van der Waals surface area contributed by atoms with Crippen molar-refractivity contribution in [1.29, 1.82) is 0 Å². The highest BCUT2D eigenvalue weighted by molar-refractivity contribution is 5.41. The van der Waals surface area contributed by atoms with Crippen LogP contribution in [0.5, 0.6) is 0 Å². The van der Waals surface area contributed by atoms with E-state index in [2.05, 4.69) is 36.3 Å². The van der Waals surface area contributed by atoms with Crippen LogP contribution in [0.2, 0.25) is 0 Å². The fourth-order valence-electron chi connectivity index (χ4n) is 1.79. The lowest BCUT2D eigenvalue weighted by atomic mass is 9.84. The average molecular weight is 244 g/mol. The summed E-state index contributed by atoms with van der Waals surface area (Å²) in [4.78, 5) is 3.62. The molecule has 0 amide bonds. The highest BCUT2D eigenvalue weighted by atomic mass is 19.1. The first-order valence-electron chi connectivity index (χ1n) is 5.99. The Balaban J connectivity index is 2.03. The molecule has 0 aliphatic heterocycles. The molecule has 0 fully saturated rings. The lowest BCUT2D eigenvalue weighted by Gasteiger charge is -2.26. The Hall–Kier alpha value is -1.90. The molecule has 3 heteroatoms. The minimum absolute atomic E-state index is 0.00957. The number of anilines is 1. The summed E-state index contributed by atoms with van der Waals surface area (Å²) in [5.74, 6) is -0.456. The number of rotatable bonds is 4. The summed E-state index contributed by atoms with van der Waals surface area (Å²) in [6, 6.07) is 13.4. The van der Waals surface area contributed by atoms with Crippen molar-refractivity contribution < 1.29 is 4.39 Å². The smallest absolute Gasteiger partial charge is 0.212 e. The second-order valence-corrected chi connectivity index (χ2v) is 4.97. The minimum Gasteiger partial charge on any atom is -0.383 e. The van der Waals surface area contributed by atoms with Crippen molar-refractivity contribution in [2.75, 3.05) is 11.9 Å². The molecule has 0 spiro atoms. The Morgan fingerprint density at radius 3 is 2.44 bits per heavy atom. The quantitative estimate of drug-likeness (QED) is 0.831. The fourth-order valence-corrected chi connectivity index (χ4v) is 1.79. The second-order valence-electron chi connectivity index (χ2n) is 4.97. The Labute approximate surface area is 107 Å². The Kier molecular flexibility index (Phi) is 3.60. The summed E-state index contributed by atoms with van der Waals surface area (Å²) < 4.78 is 12.7. The lowest BCUT2D eigenvalue weighted by Crippen LogP contribution is -2.27. The molecule has 0 saturated carbocycles. The van der Waals surface area contributed by atoms with Gasteiger partial charge in [0.15, 0.2) is 0 Å². The highest BCUT2D eigenvalue weighted by Gasteiger charge is 2.19. The first kappa shape index (κ1) is 12.6. The van der Waals surface area contributed by atoms with E-state index in [1.165, 1.54) is 17.8 Å². The van der Waals surface area contributed by atoms with Gasteiger partial charge in [0.05, 0.1) is 11.9 Å². The van der Waals surface area contributed by atoms with E-state index < -0.39 is 5.95 Å². The average Bonchev–Trinajstić information content (AvgIpc) is 2.39. The largest absolute Gasteiger partial charge is 0.383 e. The molecule has 0 unspecified atom stereocenters. The second kappa shape index (κ2) is 5.17. The monoisotopic (exact) mass is 244 g/mol. The van der Waals surface area contributed by atoms with Gasteiger partial charge in [0.25, 0.3) is 0 Å². The van der Waals surface area contributed by atoms with E-state index in [0.29, 0.717) is 0 Å². The molecule has 0 bridgehead atoms. The van der Waals surface area contributed by atoms with Crippen molar-refractivity contribution in [3.63, 3.8) is 0 Å². The Morgan fingerprint density at radius 2 is 1.83 bits per heavy atom. The third kappa shape index (κ3) is 3.06. The van der Waals surface area contributed by atoms with E-state index in [9.17, 15) is 4.39 Å². The van der Waals surface area contributed by atoms with Gasteiger partial charge in [-0.15, -0.1) is 0 Å². The van der Waals surface area contributed by atoms with Crippen LogP contribution in [0, 0.1) is 5.95 Å². The van der Waals surface area contributed by atoms with Gasteiger partial charge in [0, 0.05) is 12.0 Å². The normalized spacial score (nSPS) is 11.3. The highest BCUT2D eigenvalue weighted by Crippen LogP contribution is 2.23. The summed E-state index contributed by atoms with van der Waals surface area (Å²) in [6.45, 7) is 5.11. The SMILES string of the molecule is CC(C)(CNc1ccc(F)nc1)c1ccccc1. The van der Waals surface area contributed by atoms with Crippen LogP contribution in [0.15, 0.2) is 48.7 Å². The van der Waals surface area contributed by atoms with Gasteiger partial charge in [0.1, 0.15) is 0 Å². The molecule has 1 aromatic heterocycles. The van der Waals surface area contributed by atoms with Crippen LogP contribution in [-0.2, 0) is 5.41 Å². The molecule has 0 aliphatic rings. The molecule has 2 nitrogen and oxygen atoms in total. The molecular formula is C15H17FN2. The Bertz CT molecular complexity index is 492. The number of nitrogens with zero attached hydrogens (tertiary/aromatic N) is 1. The fraction of sp³-hybridized carbons (Fsp3) is 0.267. The summed E-state index contributed by atoms with van der Waals surface area (Å²) in [7, 11) is 0. The topological polar surface area (TPSA) is 24.9 Å². The maximum absolute atomic E-state index is 12.7. The summed E-state index contributed by atoms with van der Waals surface area (Å²) in [6.07, 6.45) is 1.51. The van der Waals surface area contributed by atoms with E-state index in [0.717, 1.165) is 12.2 Å². The summed E-state index contributed by atoms with van der Waals surface area (Å²) >= 11 is 0. The van der Waals surface area contributed by atoms with Crippen molar-refractivity contribution in [2.45, 2.75) is 19.3 Å². The number of pyridine rings is 1. The van der Waals surface area contributed by atoms with Crippen molar-refractivity contribution in [1.82, 2.24) is 4.98 Å². The van der Waals surface area contributed by atoms with Crippen molar-refractivity contribution in [2.24, 2.45) is 0 Å². The van der Waals surface area contributed by atoms with Crippen molar-refractivity contribution in [3.05, 3.63) is 60.2 Å². The first-order valence-corrected chi connectivity index (χ1v) is 5.99. The zero-order chi connectivity index (χ0) is 13.0. The predicted molar refractivity (Wildman–Crippen MR) is 72.2 cm³/mol. The molecule has 18 heavy (non-hydrogen) atoms. The van der Waals surface area contributed by atoms with E-state index in [4.69, 9.17) is 0 Å². The van der Waals surface area contributed by atoms with Gasteiger partial charge in [-0.25, -0.2) is 4.98 Å². The van der Waals surface area contributed by atoms with Gasteiger partial charge >= 0.3 is 0 Å². The van der Waals surface area contributed by atoms with Gasteiger partial charge in [-0.2, -0.15) is 4.39 Å². The molecule has 2 aromatic rings. The van der Waals surface area contributed by atoms with Crippen molar-refractivity contribution >= 4 is 5.69 Å². The molecule has 1 N–H and O–H groups in total. The van der Waals surface area contributed by atoms with Crippen LogP contribution >= 0.6 is 0 Å². The predicted octanol–water partition coefficient (Wildman–Crippen LogP) is 3.61. The zero-order valence-corrected chi connectivity index (χ0v) is 10.7. The molecule has 0 aliphatic carbocycles. The van der Waals surface area contributed by atoms with E-state index in [1.807, 2.05) is 18.2 Å². The molecule has 1 aromatic carbocycles. The van der Waals surface area contributed by atoms with Crippen LogP contribution < -0.4 is 5.32 Å². The molecule has 0 radical (unpaired) electrons.